The Balaban J connectivity index is 2.07. The van der Waals surface area contributed by atoms with Gasteiger partial charge in [-0.15, -0.1) is 0 Å². The number of aromatic nitrogens is 1. The van der Waals surface area contributed by atoms with Crippen molar-refractivity contribution in [2.24, 2.45) is 0 Å². The van der Waals surface area contributed by atoms with Gasteiger partial charge in [-0.05, 0) is 36.8 Å². The van der Waals surface area contributed by atoms with Gasteiger partial charge in [0.2, 0.25) is 0 Å². The van der Waals surface area contributed by atoms with Crippen LogP contribution in [0.3, 0.4) is 0 Å². The minimum atomic E-state index is 0.299. The van der Waals surface area contributed by atoms with E-state index < -0.39 is 0 Å². The minimum Gasteiger partial charge on any atom is -0.508 e. The summed E-state index contributed by atoms with van der Waals surface area (Å²) in [5, 5.41) is 12.9. The van der Waals surface area contributed by atoms with Gasteiger partial charge in [0, 0.05) is 16.1 Å². The molecule has 0 unspecified atom stereocenters. The zero-order valence-corrected chi connectivity index (χ0v) is 11.1. The van der Waals surface area contributed by atoms with Crippen molar-refractivity contribution < 1.29 is 10.1 Å². The van der Waals surface area contributed by atoms with E-state index in [2.05, 4.69) is 26.2 Å². The number of phenols is 1. The second kappa shape index (κ2) is 5.19. The number of rotatable bonds is 3. The van der Waals surface area contributed by atoms with Crippen LogP contribution in [-0.2, 0) is 6.54 Å². The summed E-state index contributed by atoms with van der Waals surface area (Å²) in [5.41, 5.74) is 2.04. The Bertz CT molecular complexity index is 511. The first-order chi connectivity index (χ1) is 8.15. The van der Waals surface area contributed by atoms with Crippen molar-refractivity contribution in [2.75, 3.05) is 5.32 Å². The molecule has 0 atom stereocenters. The van der Waals surface area contributed by atoms with Gasteiger partial charge >= 0.3 is 0 Å². The van der Waals surface area contributed by atoms with Crippen LogP contribution in [0.25, 0.3) is 0 Å². The second-order valence-electron chi connectivity index (χ2n) is 3.91. The topological polar surface area (TPSA) is 46.4 Å². The number of hydrogen-bond acceptors (Lipinski definition) is 2. The Morgan fingerprint density at radius 2 is 2.12 bits per heavy atom. The summed E-state index contributed by atoms with van der Waals surface area (Å²) in [6, 6.07) is 9.40. The molecule has 0 amide bonds. The summed E-state index contributed by atoms with van der Waals surface area (Å²) in [5.74, 6) is 1.22. The van der Waals surface area contributed by atoms with Crippen molar-refractivity contribution in [1.82, 2.24) is 0 Å². The molecule has 3 nitrogen and oxygen atoms in total. The molecule has 1 heterocycles. The van der Waals surface area contributed by atoms with Crippen LogP contribution in [0.2, 0.25) is 0 Å². The van der Waals surface area contributed by atoms with E-state index in [0.29, 0.717) is 12.3 Å². The van der Waals surface area contributed by atoms with Gasteiger partial charge in [-0.25, -0.2) is 4.98 Å². The average Bonchev–Trinajstić information content (AvgIpc) is 2.32. The van der Waals surface area contributed by atoms with E-state index in [1.807, 2.05) is 37.4 Å². The van der Waals surface area contributed by atoms with Crippen LogP contribution in [0.15, 0.2) is 41.0 Å². The molecule has 0 fully saturated rings. The lowest BCUT2D eigenvalue weighted by Gasteiger charge is -2.03. The fraction of sp³-hybridized carbons (Fsp3) is 0.154. The largest absolute Gasteiger partial charge is 0.508 e. The van der Waals surface area contributed by atoms with Gasteiger partial charge < -0.3 is 5.11 Å². The summed E-state index contributed by atoms with van der Waals surface area (Å²) in [7, 11) is 0. The summed E-state index contributed by atoms with van der Waals surface area (Å²) in [4.78, 5) is 3.14. The molecule has 0 saturated heterocycles. The maximum Gasteiger partial charge on any atom is 0.272 e. The van der Waals surface area contributed by atoms with E-state index in [9.17, 15) is 5.11 Å². The molecule has 2 aromatic rings. The van der Waals surface area contributed by atoms with E-state index in [-0.39, 0.29) is 0 Å². The fourth-order valence-electron chi connectivity index (χ4n) is 1.50. The number of H-pyrrole nitrogens is 1. The molecule has 2 rings (SSSR count). The fourth-order valence-corrected chi connectivity index (χ4v) is 1.91. The maximum absolute atomic E-state index is 9.69. The Morgan fingerprint density at radius 3 is 2.82 bits per heavy atom. The van der Waals surface area contributed by atoms with Crippen molar-refractivity contribution in [2.45, 2.75) is 13.5 Å². The predicted molar refractivity (Wildman–Crippen MR) is 70.9 cm³/mol. The number of halogens is 1. The SMILES string of the molecule is Cc1ccc(NCc2cc(Br)ccc2O)[nH+]c1. The van der Waals surface area contributed by atoms with E-state index in [4.69, 9.17) is 0 Å². The van der Waals surface area contributed by atoms with E-state index in [0.717, 1.165) is 15.9 Å². The molecule has 3 N–H and O–H groups in total. The van der Waals surface area contributed by atoms with Gasteiger partial charge in [0.25, 0.3) is 5.82 Å². The zero-order valence-electron chi connectivity index (χ0n) is 9.50. The van der Waals surface area contributed by atoms with Crippen LogP contribution in [0.5, 0.6) is 5.75 Å². The standard InChI is InChI=1S/C13H13BrN2O/c1-9-2-5-13(15-7-9)16-8-10-6-11(14)3-4-12(10)17/h2-7,17H,8H2,1H3,(H,15,16)/p+1. The van der Waals surface area contributed by atoms with Crippen LogP contribution in [0.1, 0.15) is 11.1 Å². The minimum absolute atomic E-state index is 0.299. The number of phenolic OH excluding ortho intramolecular Hbond substituents is 1. The van der Waals surface area contributed by atoms with Gasteiger partial charge in [-0.3, -0.25) is 5.32 Å². The van der Waals surface area contributed by atoms with Crippen molar-refractivity contribution in [3.8, 4) is 5.75 Å². The number of aromatic hydroxyl groups is 1. The number of nitrogens with one attached hydrogen (secondary N) is 2. The monoisotopic (exact) mass is 293 g/mol. The van der Waals surface area contributed by atoms with Crippen molar-refractivity contribution in [3.05, 3.63) is 52.1 Å². The normalized spacial score (nSPS) is 10.2. The van der Waals surface area contributed by atoms with E-state index >= 15 is 0 Å². The molecule has 88 valence electrons. The average molecular weight is 294 g/mol. The van der Waals surface area contributed by atoms with Gasteiger partial charge in [-0.2, -0.15) is 0 Å². The maximum atomic E-state index is 9.69. The van der Waals surface area contributed by atoms with Gasteiger partial charge in [0.05, 0.1) is 6.20 Å². The molecule has 17 heavy (non-hydrogen) atoms. The molecule has 0 aliphatic rings. The number of aromatic amines is 1. The van der Waals surface area contributed by atoms with Gasteiger partial charge in [-0.1, -0.05) is 15.9 Å². The molecule has 0 bridgehead atoms. The predicted octanol–water partition coefficient (Wildman–Crippen LogP) is 2.89. The van der Waals surface area contributed by atoms with Crippen LogP contribution in [-0.4, -0.2) is 5.11 Å². The van der Waals surface area contributed by atoms with Crippen LogP contribution < -0.4 is 10.3 Å². The number of aryl methyl sites for hydroxylation is 1. The van der Waals surface area contributed by atoms with Crippen LogP contribution >= 0.6 is 15.9 Å². The number of hydrogen-bond donors (Lipinski definition) is 2. The lowest BCUT2D eigenvalue weighted by Crippen LogP contribution is -2.12. The first-order valence-electron chi connectivity index (χ1n) is 5.35. The lowest BCUT2D eigenvalue weighted by atomic mass is 10.2. The Labute approximate surface area is 109 Å². The smallest absolute Gasteiger partial charge is 0.272 e. The van der Waals surface area contributed by atoms with Crippen LogP contribution in [0.4, 0.5) is 5.82 Å². The molecular formula is C13H14BrN2O+. The summed E-state index contributed by atoms with van der Waals surface area (Å²) < 4.78 is 0.958. The molecule has 4 heteroatoms. The van der Waals surface area contributed by atoms with E-state index in [1.54, 1.807) is 6.07 Å². The first-order valence-corrected chi connectivity index (χ1v) is 6.14. The Hall–Kier alpha value is -1.55. The van der Waals surface area contributed by atoms with Gasteiger partial charge in [0.1, 0.15) is 12.3 Å². The third-order valence-electron chi connectivity index (χ3n) is 2.48. The highest BCUT2D eigenvalue weighted by Crippen LogP contribution is 2.22. The molecular weight excluding hydrogens is 280 g/mol. The molecule has 1 aromatic carbocycles. The highest BCUT2D eigenvalue weighted by atomic mass is 79.9. The number of anilines is 1. The summed E-state index contributed by atoms with van der Waals surface area (Å²) >= 11 is 3.39. The summed E-state index contributed by atoms with van der Waals surface area (Å²) in [6.07, 6.45) is 1.93. The molecule has 0 spiro atoms. The molecule has 0 aliphatic carbocycles. The highest BCUT2D eigenvalue weighted by molar-refractivity contribution is 9.10. The Kier molecular flexibility index (Phi) is 3.64. The van der Waals surface area contributed by atoms with E-state index in [1.165, 1.54) is 5.56 Å². The molecule has 1 aromatic heterocycles. The first kappa shape index (κ1) is 11.9. The second-order valence-corrected chi connectivity index (χ2v) is 4.82. The third-order valence-corrected chi connectivity index (χ3v) is 2.97. The highest BCUT2D eigenvalue weighted by Gasteiger charge is 2.06. The van der Waals surface area contributed by atoms with Crippen LogP contribution in [0, 0.1) is 6.92 Å². The zero-order chi connectivity index (χ0) is 12.3. The number of pyridine rings is 1. The molecule has 0 radical (unpaired) electrons. The third kappa shape index (κ3) is 3.20. The van der Waals surface area contributed by atoms with Gasteiger partial charge in [0.15, 0.2) is 0 Å². The molecule has 0 saturated carbocycles. The van der Waals surface area contributed by atoms with Crippen molar-refractivity contribution >= 4 is 21.7 Å². The quantitative estimate of drug-likeness (QED) is 0.914. The van der Waals surface area contributed by atoms with Crippen molar-refractivity contribution in [1.29, 1.82) is 0 Å². The Morgan fingerprint density at radius 1 is 1.29 bits per heavy atom. The lowest BCUT2D eigenvalue weighted by molar-refractivity contribution is -0.361. The molecule has 0 aliphatic heterocycles. The number of benzene rings is 1. The van der Waals surface area contributed by atoms with Crippen molar-refractivity contribution in [3.63, 3.8) is 0 Å². The summed E-state index contributed by atoms with van der Waals surface area (Å²) in [6.45, 7) is 2.60.